The number of rotatable bonds is 9. The molecule has 2 heterocycles. The van der Waals surface area contributed by atoms with E-state index in [2.05, 4.69) is 37.5 Å². The number of fused-ring (bicyclic) bond motifs is 1. The van der Waals surface area contributed by atoms with Gasteiger partial charge in [-0.25, -0.2) is 9.97 Å². The molecular formula is C25H33ClN6O. The number of carbonyl (C=O) groups is 1. The maximum Gasteiger partial charge on any atom is 0.229 e. The molecule has 176 valence electrons. The van der Waals surface area contributed by atoms with E-state index >= 15 is 0 Å². The molecular weight excluding hydrogens is 436 g/mol. The van der Waals surface area contributed by atoms with Crippen LogP contribution in [-0.4, -0.2) is 33.4 Å². The van der Waals surface area contributed by atoms with E-state index in [9.17, 15) is 4.79 Å². The van der Waals surface area contributed by atoms with Crippen LogP contribution in [0.3, 0.4) is 0 Å². The zero-order valence-electron chi connectivity index (χ0n) is 19.8. The highest BCUT2D eigenvalue weighted by Gasteiger charge is 2.18. The Labute approximate surface area is 200 Å². The highest BCUT2D eigenvalue weighted by atomic mass is 35.5. The normalized spacial score (nSPS) is 12.7. The number of nitrogens with zero attached hydrogens (tertiary/aromatic N) is 3. The van der Waals surface area contributed by atoms with Gasteiger partial charge in [0.15, 0.2) is 0 Å². The summed E-state index contributed by atoms with van der Waals surface area (Å²) in [5.74, 6) is 0.721. The minimum absolute atomic E-state index is 0.0274. The molecule has 0 radical (unpaired) electrons. The predicted molar refractivity (Wildman–Crippen MR) is 136 cm³/mol. The van der Waals surface area contributed by atoms with Gasteiger partial charge in [0.25, 0.3) is 0 Å². The fourth-order valence-electron chi connectivity index (χ4n) is 3.83. The number of benzene rings is 1. The zero-order valence-corrected chi connectivity index (χ0v) is 20.6. The Kier molecular flexibility index (Phi) is 8.83. The number of aryl methyl sites for hydroxylation is 2. The van der Waals surface area contributed by atoms with E-state index in [1.165, 1.54) is 0 Å². The number of aliphatic imine (C=N–C) groups is 1. The van der Waals surface area contributed by atoms with Crippen molar-refractivity contribution >= 4 is 40.3 Å². The molecule has 0 unspecified atom stereocenters. The number of unbranched alkanes of at least 4 members (excludes halogenated alkanes) is 1. The Hall–Kier alpha value is -2.93. The maximum absolute atomic E-state index is 12.9. The van der Waals surface area contributed by atoms with Crippen LogP contribution in [0.2, 0.25) is 5.02 Å². The highest BCUT2D eigenvalue weighted by Crippen LogP contribution is 2.22. The van der Waals surface area contributed by atoms with Crippen molar-refractivity contribution < 1.29 is 4.79 Å². The van der Waals surface area contributed by atoms with Gasteiger partial charge in [-0.2, -0.15) is 0 Å². The van der Waals surface area contributed by atoms with Crippen LogP contribution in [0, 0.1) is 19.8 Å². The molecule has 0 fully saturated rings. The number of nitrogens with one attached hydrogen (secondary N) is 3. The lowest BCUT2D eigenvalue weighted by atomic mass is 9.98. The molecule has 33 heavy (non-hydrogen) atoms. The smallest absolute Gasteiger partial charge is 0.229 e. The van der Waals surface area contributed by atoms with Crippen molar-refractivity contribution in [3.8, 4) is 0 Å². The number of guanidine groups is 1. The Morgan fingerprint density at radius 1 is 1.18 bits per heavy atom. The van der Waals surface area contributed by atoms with Crippen molar-refractivity contribution in [2.24, 2.45) is 10.9 Å². The molecule has 0 saturated carbocycles. The number of anilines is 1. The summed E-state index contributed by atoms with van der Waals surface area (Å²) in [5.41, 5.74) is 3.86. The van der Waals surface area contributed by atoms with Crippen LogP contribution >= 0.6 is 11.6 Å². The van der Waals surface area contributed by atoms with Crippen LogP contribution in [0.4, 0.5) is 5.95 Å². The number of aromatic amines is 1. The van der Waals surface area contributed by atoms with E-state index in [4.69, 9.17) is 11.6 Å². The molecule has 7 nitrogen and oxygen atoms in total. The number of aromatic nitrogens is 3. The van der Waals surface area contributed by atoms with Crippen LogP contribution in [0.5, 0.6) is 0 Å². The molecule has 8 heteroatoms. The molecule has 2 aromatic heterocycles. The number of H-pyrrole nitrogens is 1. The van der Waals surface area contributed by atoms with Gasteiger partial charge in [0.1, 0.15) is 0 Å². The molecule has 3 rings (SSSR count). The average Bonchev–Trinajstić information content (AvgIpc) is 3.15. The maximum atomic E-state index is 12.9. The molecule has 1 aromatic carbocycles. The lowest BCUT2D eigenvalue weighted by molar-refractivity contribution is -0.123. The fraction of sp³-hybridized carbons (Fsp3) is 0.440. The van der Waals surface area contributed by atoms with Crippen LogP contribution in [0.15, 0.2) is 35.5 Å². The van der Waals surface area contributed by atoms with Crippen molar-refractivity contribution in [3.05, 3.63) is 52.4 Å². The topological polar surface area (TPSA) is 95.1 Å². The van der Waals surface area contributed by atoms with Gasteiger partial charge in [-0.15, -0.1) is 0 Å². The molecule has 1 atom stereocenters. The minimum Gasteiger partial charge on any atom is -0.361 e. The third-order valence-corrected chi connectivity index (χ3v) is 5.84. The molecule has 1 amide bonds. The largest absolute Gasteiger partial charge is 0.361 e. The zero-order chi connectivity index (χ0) is 23.8. The number of hydrogen-bond donors (Lipinski definition) is 3. The van der Waals surface area contributed by atoms with Crippen molar-refractivity contribution in [1.82, 2.24) is 20.3 Å². The second kappa shape index (κ2) is 11.8. The molecule has 0 aliphatic carbocycles. The van der Waals surface area contributed by atoms with Gasteiger partial charge in [0.05, 0.1) is 0 Å². The molecule has 3 aromatic rings. The van der Waals surface area contributed by atoms with Gasteiger partial charge in [-0.3, -0.25) is 20.4 Å². The third kappa shape index (κ3) is 7.02. The average molecular weight is 469 g/mol. The summed E-state index contributed by atoms with van der Waals surface area (Å²) >= 11 is 6.17. The number of amides is 1. The molecule has 3 N–H and O–H groups in total. The first-order valence-electron chi connectivity index (χ1n) is 11.6. The highest BCUT2D eigenvalue weighted by molar-refractivity contribution is 6.31. The van der Waals surface area contributed by atoms with Crippen LogP contribution in [-0.2, 0) is 11.2 Å². The second-order valence-corrected chi connectivity index (χ2v) is 8.76. The first-order chi connectivity index (χ1) is 15.9. The van der Waals surface area contributed by atoms with Crippen molar-refractivity contribution in [3.63, 3.8) is 0 Å². The summed E-state index contributed by atoms with van der Waals surface area (Å²) in [5, 5.41) is 7.88. The van der Waals surface area contributed by atoms with Gasteiger partial charge in [-0.1, -0.05) is 38.3 Å². The van der Waals surface area contributed by atoms with Crippen molar-refractivity contribution in [2.75, 3.05) is 11.9 Å². The van der Waals surface area contributed by atoms with Gasteiger partial charge in [0.2, 0.25) is 17.8 Å². The first-order valence-corrected chi connectivity index (χ1v) is 12.0. The lowest BCUT2D eigenvalue weighted by Gasteiger charge is -2.16. The predicted octanol–water partition coefficient (Wildman–Crippen LogP) is 5.57. The number of halogens is 1. The van der Waals surface area contributed by atoms with E-state index in [1.807, 2.05) is 51.2 Å². The lowest BCUT2D eigenvalue weighted by Crippen LogP contribution is -2.40. The molecule has 0 spiro atoms. The number of hydrogen-bond acceptors (Lipinski definition) is 4. The molecule has 0 aliphatic rings. The van der Waals surface area contributed by atoms with E-state index in [0.29, 0.717) is 29.9 Å². The van der Waals surface area contributed by atoms with Crippen LogP contribution in [0.1, 0.15) is 56.5 Å². The van der Waals surface area contributed by atoms with E-state index < -0.39 is 0 Å². The van der Waals surface area contributed by atoms with Gasteiger partial charge in [-0.05, 0) is 62.9 Å². The van der Waals surface area contributed by atoms with Crippen molar-refractivity contribution in [1.29, 1.82) is 0 Å². The second-order valence-electron chi connectivity index (χ2n) is 8.32. The minimum atomic E-state index is -0.0483. The Morgan fingerprint density at radius 2 is 1.94 bits per heavy atom. The Balaban J connectivity index is 1.77. The first kappa shape index (κ1) is 24.7. The van der Waals surface area contributed by atoms with Crippen LogP contribution in [0.25, 0.3) is 10.9 Å². The third-order valence-electron chi connectivity index (χ3n) is 5.60. The summed E-state index contributed by atoms with van der Waals surface area (Å²) in [6.45, 7) is 8.48. The van der Waals surface area contributed by atoms with Gasteiger partial charge < -0.3 is 4.98 Å². The molecule has 0 bridgehead atoms. The van der Waals surface area contributed by atoms with Crippen LogP contribution < -0.4 is 10.6 Å². The number of carbonyl (C=O) groups excluding carboxylic acids is 1. The Bertz CT molecular complexity index is 1100. The standard InChI is InChI=1S/C25H33ClN6O/c1-5-7-8-18(6-2)23(33)31-24(32-25-29-16(3)13-17(4)30-25)27-12-11-19-15-28-22-10-9-20(26)14-21(19)22/h9-10,13-15,18,28H,5-8,11-12H2,1-4H3,(H2,27,29,30,31,32,33)/t18-/m0/s1. The molecule has 0 aliphatic heterocycles. The summed E-state index contributed by atoms with van der Waals surface area (Å²) in [4.78, 5) is 29.7. The summed E-state index contributed by atoms with van der Waals surface area (Å²) in [7, 11) is 0. The van der Waals surface area contributed by atoms with Crippen molar-refractivity contribution in [2.45, 2.75) is 59.8 Å². The summed E-state index contributed by atoms with van der Waals surface area (Å²) in [6, 6.07) is 7.69. The van der Waals surface area contributed by atoms with E-state index in [0.717, 1.165) is 53.5 Å². The van der Waals surface area contributed by atoms with E-state index in [-0.39, 0.29) is 11.8 Å². The SMILES string of the molecule is CCCC[C@H](CC)C(=O)NC(=NCCc1c[nH]c2ccc(Cl)cc12)Nc1nc(C)cc(C)n1. The van der Waals surface area contributed by atoms with Gasteiger partial charge in [0, 0.05) is 46.0 Å². The molecule has 0 saturated heterocycles. The Morgan fingerprint density at radius 3 is 2.64 bits per heavy atom. The quantitative estimate of drug-likeness (QED) is 0.282. The summed E-state index contributed by atoms with van der Waals surface area (Å²) < 4.78 is 0. The summed E-state index contributed by atoms with van der Waals surface area (Å²) in [6.07, 6.45) is 6.41. The fourth-order valence-corrected chi connectivity index (χ4v) is 4.01. The van der Waals surface area contributed by atoms with Gasteiger partial charge >= 0.3 is 0 Å². The van der Waals surface area contributed by atoms with E-state index in [1.54, 1.807) is 0 Å². The monoisotopic (exact) mass is 468 g/mol.